The van der Waals surface area contributed by atoms with Gasteiger partial charge in [0.15, 0.2) is 11.6 Å². The highest BCUT2D eigenvalue weighted by atomic mass is 19.1. The number of hydrogen-bond acceptors (Lipinski definition) is 5. The molecule has 2 aromatic carbocycles. The summed E-state index contributed by atoms with van der Waals surface area (Å²) in [5, 5.41) is 3.08. The van der Waals surface area contributed by atoms with Crippen LogP contribution in [0.25, 0.3) is 10.9 Å². The number of nitrogens with one attached hydrogen (secondary N) is 1. The third-order valence-electron chi connectivity index (χ3n) is 7.12. The predicted octanol–water partition coefficient (Wildman–Crippen LogP) is 4.02. The smallest absolute Gasteiger partial charge is 0.261 e. The third-order valence-corrected chi connectivity index (χ3v) is 7.12. The third kappa shape index (κ3) is 3.95. The van der Waals surface area contributed by atoms with E-state index in [9.17, 15) is 9.59 Å². The van der Waals surface area contributed by atoms with Crippen LogP contribution >= 0.6 is 0 Å². The molecule has 2 aliphatic rings. The average Bonchev–Trinajstić information content (AvgIpc) is 2.80. The lowest BCUT2D eigenvalue weighted by Gasteiger charge is -2.37. The maximum absolute atomic E-state index is 15.5. The van der Waals surface area contributed by atoms with Crippen LogP contribution in [0.5, 0.6) is 5.75 Å². The molecule has 5 rings (SSSR count). The Kier molecular flexibility index (Phi) is 5.79. The zero-order valence-corrected chi connectivity index (χ0v) is 20.9. The average molecular weight is 479 g/mol. The predicted molar refractivity (Wildman–Crippen MR) is 137 cm³/mol. The number of amides is 1. The number of anilines is 2. The van der Waals surface area contributed by atoms with Gasteiger partial charge in [-0.25, -0.2) is 4.39 Å². The zero-order chi connectivity index (χ0) is 25.0. The van der Waals surface area contributed by atoms with Gasteiger partial charge in [0, 0.05) is 38.1 Å². The number of pyridine rings is 1. The molecule has 184 valence electrons. The van der Waals surface area contributed by atoms with Crippen molar-refractivity contribution in [1.29, 1.82) is 0 Å². The number of ether oxygens (including phenoxy) is 1. The lowest BCUT2D eigenvalue weighted by molar-refractivity contribution is 0.102. The lowest BCUT2D eigenvalue weighted by Crippen LogP contribution is -2.45. The van der Waals surface area contributed by atoms with Crippen LogP contribution in [0.3, 0.4) is 0 Å². The number of piperazine rings is 1. The van der Waals surface area contributed by atoms with Gasteiger partial charge in [0.2, 0.25) is 5.43 Å². The number of likely N-dealkylation sites (N-methyl/N-ethyl adjacent to an activating group) is 1. The topological polar surface area (TPSA) is 66.8 Å². The summed E-state index contributed by atoms with van der Waals surface area (Å²) in [5.41, 5.74) is 4.06. The molecule has 1 aromatic heterocycles. The van der Waals surface area contributed by atoms with Crippen LogP contribution < -0.4 is 20.4 Å². The van der Waals surface area contributed by atoms with E-state index in [2.05, 4.69) is 10.2 Å². The van der Waals surface area contributed by atoms with Crippen molar-refractivity contribution in [2.45, 2.75) is 33.7 Å². The number of carbonyl (C=O) groups is 1. The minimum Gasteiger partial charge on any atom is -0.487 e. The molecule has 2 aliphatic heterocycles. The van der Waals surface area contributed by atoms with Crippen molar-refractivity contribution in [3.05, 3.63) is 62.7 Å². The Morgan fingerprint density at radius 3 is 2.40 bits per heavy atom. The molecule has 0 saturated carbocycles. The summed E-state index contributed by atoms with van der Waals surface area (Å²) in [6, 6.07) is 5.12. The number of aryl methyl sites for hydroxylation is 3. The van der Waals surface area contributed by atoms with Gasteiger partial charge in [0.05, 0.1) is 16.9 Å². The molecule has 0 bridgehead atoms. The summed E-state index contributed by atoms with van der Waals surface area (Å²) < 4.78 is 23.4. The van der Waals surface area contributed by atoms with Crippen molar-refractivity contribution in [3.63, 3.8) is 0 Å². The number of benzene rings is 2. The Labute approximate surface area is 204 Å². The molecule has 0 radical (unpaired) electrons. The fourth-order valence-electron chi connectivity index (χ4n) is 5.26. The molecule has 7 nitrogen and oxygen atoms in total. The first-order valence-corrected chi connectivity index (χ1v) is 12.0. The monoisotopic (exact) mass is 478 g/mol. The number of nitrogens with zero attached hydrogens (tertiary/aromatic N) is 3. The van der Waals surface area contributed by atoms with Gasteiger partial charge in [-0.05, 0) is 51.9 Å². The van der Waals surface area contributed by atoms with Crippen LogP contribution in [0.1, 0.15) is 40.0 Å². The number of aromatic nitrogens is 1. The van der Waals surface area contributed by atoms with E-state index in [1.54, 1.807) is 6.20 Å². The van der Waals surface area contributed by atoms with Crippen molar-refractivity contribution >= 4 is 28.2 Å². The van der Waals surface area contributed by atoms with Crippen molar-refractivity contribution in [2.75, 3.05) is 50.1 Å². The van der Waals surface area contributed by atoms with Crippen LogP contribution in [0.2, 0.25) is 0 Å². The second-order valence-corrected chi connectivity index (χ2v) is 9.89. The van der Waals surface area contributed by atoms with Gasteiger partial charge in [-0.2, -0.15) is 0 Å². The fourth-order valence-corrected chi connectivity index (χ4v) is 5.26. The minimum absolute atomic E-state index is 0.0108. The molecule has 1 saturated heterocycles. The molecular weight excluding hydrogens is 447 g/mol. The highest BCUT2D eigenvalue weighted by Crippen LogP contribution is 2.42. The summed E-state index contributed by atoms with van der Waals surface area (Å²) in [6.45, 7) is 11.1. The normalized spacial score (nSPS) is 18.0. The number of halogens is 1. The van der Waals surface area contributed by atoms with Gasteiger partial charge >= 0.3 is 0 Å². The SMILES string of the molecule is Cc1cc(C)c(NC(=O)c2cn3c4c(c(N5CCN(C)CC5)c(F)cc4c2=O)OC[C@H]3C)c(C)c1. The number of carbonyl (C=O) groups excluding carboxylic acids is 1. The molecule has 0 aliphatic carbocycles. The molecule has 0 unspecified atom stereocenters. The highest BCUT2D eigenvalue weighted by Gasteiger charge is 2.31. The Morgan fingerprint density at radius 1 is 1.09 bits per heavy atom. The van der Waals surface area contributed by atoms with Gasteiger partial charge in [0.25, 0.3) is 5.91 Å². The molecule has 3 aromatic rings. The van der Waals surface area contributed by atoms with Crippen LogP contribution in [0.15, 0.2) is 29.2 Å². The maximum Gasteiger partial charge on any atom is 0.261 e. The van der Waals surface area contributed by atoms with Crippen molar-refractivity contribution in [2.24, 2.45) is 0 Å². The van der Waals surface area contributed by atoms with E-state index < -0.39 is 17.2 Å². The maximum atomic E-state index is 15.5. The second-order valence-electron chi connectivity index (χ2n) is 9.89. The largest absolute Gasteiger partial charge is 0.487 e. The van der Waals surface area contributed by atoms with E-state index >= 15 is 4.39 Å². The van der Waals surface area contributed by atoms with Gasteiger partial charge in [-0.3, -0.25) is 9.59 Å². The molecule has 1 atom stereocenters. The molecule has 1 N–H and O–H groups in total. The van der Waals surface area contributed by atoms with Gasteiger partial charge < -0.3 is 24.4 Å². The van der Waals surface area contributed by atoms with Crippen LogP contribution in [-0.2, 0) is 0 Å². The standard InChI is InChI=1S/C27H31FN4O3/c1-15-10-16(2)22(17(3)11-15)29-27(34)20-13-32-18(4)14-35-26-23(32)19(25(20)33)12-21(28)24(26)31-8-6-30(5)7-9-31/h10-13,18H,6-9,14H2,1-5H3,(H,29,34)/t18-/m1/s1. The van der Waals surface area contributed by atoms with Crippen LogP contribution in [-0.4, -0.2) is 55.2 Å². The minimum atomic E-state index is -0.502. The van der Waals surface area contributed by atoms with E-state index in [0.717, 1.165) is 29.8 Å². The lowest BCUT2D eigenvalue weighted by atomic mass is 10.0. The van der Waals surface area contributed by atoms with Gasteiger partial charge in [-0.15, -0.1) is 0 Å². The van der Waals surface area contributed by atoms with E-state index in [1.165, 1.54) is 6.07 Å². The molecule has 3 heterocycles. The van der Waals surface area contributed by atoms with E-state index in [0.29, 0.717) is 42.3 Å². The van der Waals surface area contributed by atoms with Gasteiger partial charge in [-0.1, -0.05) is 17.7 Å². The van der Waals surface area contributed by atoms with Gasteiger partial charge in [0.1, 0.15) is 17.9 Å². The summed E-state index contributed by atoms with van der Waals surface area (Å²) >= 11 is 0. The number of hydrogen-bond donors (Lipinski definition) is 1. The Morgan fingerprint density at radius 2 is 1.74 bits per heavy atom. The van der Waals surface area contributed by atoms with E-state index in [4.69, 9.17) is 4.74 Å². The Bertz CT molecular complexity index is 1380. The van der Waals surface area contributed by atoms with Crippen LogP contribution in [0, 0.1) is 26.6 Å². The van der Waals surface area contributed by atoms with E-state index in [1.807, 2.05) is 56.3 Å². The molecule has 8 heteroatoms. The van der Waals surface area contributed by atoms with Crippen molar-refractivity contribution in [1.82, 2.24) is 9.47 Å². The Hall–Kier alpha value is -3.39. The molecule has 1 fully saturated rings. The fraction of sp³-hybridized carbons (Fsp3) is 0.407. The Balaban J connectivity index is 1.64. The molecular formula is C27H31FN4O3. The first kappa shape index (κ1) is 23.4. The quantitative estimate of drug-likeness (QED) is 0.616. The molecule has 35 heavy (non-hydrogen) atoms. The second kappa shape index (κ2) is 8.68. The summed E-state index contributed by atoms with van der Waals surface area (Å²) in [5.74, 6) is -0.616. The first-order chi connectivity index (χ1) is 16.7. The van der Waals surface area contributed by atoms with Crippen molar-refractivity contribution < 1.29 is 13.9 Å². The van der Waals surface area contributed by atoms with Crippen molar-refractivity contribution in [3.8, 4) is 5.75 Å². The summed E-state index contributed by atoms with van der Waals surface area (Å²) in [7, 11) is 2.04. The van der Waals surface area contributed by atoms with E-state index in [-0.39, 0.29) is 17.0 Å². The highest BCUT2D eigenvalue weighted by molar-refractivity contribution is 6.07. The number of rotatable bonds is 3. The molecule has 0 spiro atoms. The molecule has 1 amide bonds. The zero-order valence-electron chi connectivity index (χ0n) is 20.9. The first-order valence-electron chi connectivity index (χ1n) is 12.0. The van der Waals surface area contributed by atoms with Crippen LogP contribution in [0.4, 0.5) is 15.8 Å². The summed E-state index contributed by atoms with van der Waals surface area (Å²) in [6.07, 6.45) is 1.60. The summed E-state index contributed by atoms with van der Waals surface area (Å²) in [4.78, 5) is 31.0.